The Balaban J connectivity index is 1.47. The first kappa shape index (κ1) is 23.5. The molecule has 2 heterocycles. The van der Waals surface area contributed by atoms with E-state index in [1.165, 1.54) is 24.2 Å². The smallest absolute Gasteiger partial charge is 0.256 e. The van der Waals surface area contributed by atoms with Crippen molar-refractivity contribution < 1.29 is 27.5 Å². The van der Waals surface area contributed by atoms with E-state index >= 15 is 0 Å². The van der Waals surface area contributed by atoms with E-state index in [4.69, 9.17) is 4.74 Å². The summed E-state index contributed by atoms with van der Waals surface area (Å²) < 4.78 is 33.7. The first-order valence-corrected chi connectivity index (χ1v) is 12.6. The molecule has 2 aliphatic heterocycles. The lowest BCUT2D eigenvalue weighted by Crippen LogP contribution is -2.55. The number of ether oxygens (including phenoxy) is 1. The standard InChI is InChI=1S/C24H28N2O6S/c1-17(27)19-3-5-21(6-4-19)23(29)26-15-16-32-24(26)11-13-25(14-12-24)33(30,31)22-9-7-20(8-10-22)18(2)28/h3-7,9H,8,10-16H2,1-2H3. The van der Waals surface area contributed by atoms with Crippen LogP contribution in [0, 0.1) is 0 Å². The molecule has 0 unspecified atom stereocenters. The zero-order chi connectivity index (χ0) is 23.8. The minimum atomic E-state index is -3.64. The van der Waals surface area contributed by atoms with Gasteiger partial charge in [-0.3, -0.25) is 14.4 Å². The summed E-state index contributed by atoms with van der Waals surface area (Å²) in [6, 6.07) is 6.56. The lowest BCUT2D eigenvalue weighted by atomic mass is 9.99. The fraction of sp³-hybridized carbons (Fsp3) is 0.458. The molecule has 1 aliphatic carbocycles. The Kier molecular flexibility index (Phi) is 6.39. The number of benzene rings is 1. The second-order valence-electron chi connectivity index (χ2n) is 8.67. The molecule has 0 aromatic heterocycles. The van der Waals surface area contributed by atoms with Crippen LogP contribution < -0.4 is 0 Å². The van der Waals surface area contributed by atoms with Gasteiger partial charge in [-0.2, -0.15) is 4.31 Å². The first-order chi connectivity index (χ1) is 15.6. The molecular formula is C24H28N2O6S. The van der Waals surface area contributed by atoms with Gasteiger partial charge in [-0.05, 0) is 50.5 Å². The summed E-state index contributed by atoms with van der Waals surface area (Å²) in [6.07, 6.45) is 4.63. The molecule has 0 radical (unpaired) electrons. The average molecular weight is 473 g/mol. The molecule has 1 spiro atoms. The monoisotopic (exact) mass is 472 g/mol. The third-order valence-electron chi connectivity index (χ3n) is 6.70. The highest BCUT2D eigenvalue weighted by Crippen LogP contribution is 2.37. The number of allylic oxidation sites excluding steroid dienone is 4. The lowest BCUT2D eigenvalue weighted by molar-refractivity contribution is -0.113. The fourth-order valence-corrected chi connectivity index (χ4v) is 6.28. The average Bonchev–Trinajstić information content (AvgIpc) is 3.21. The van der Waals surface area contributed by atoms with Crippen LogP contribution >= 0.6 is 0 Å². The van der Waals surface area contributed by atoms with Crippen molar-refractivity contribution in [2.75, 3.05) is 26.2 Å². The van der Waals surface area contributed by atoms with Gasteiger partial charge in [-0.1, -0.05) is 18.2 Å². The summed E-state index contributed by atoms with van der Waals surface area (Å²) in [7, 11) is -3.64. The predicted octanol–water partition coefficient (Wildman–Crippen LogP) is 2.68. The quantitative estimate of drug-likeness (QED) is 0.611. The van der Waals surface area contributed by atoms with Crippen LogP contribution in [0.15, 0.2) is 46.9 Å². The number of rotatable bonds is 5. The molecule has 2 saturated heterocycles. The largest absolute Gasteiger partial charge is 0.354 e. The van der Waals surface area contributed by atoms with Crippen LogP contribution in [0.3, 0.4) is 0 Å². The molecule has 0 saturated carbocycles. The van der Waals surface area contributed by atoms with Crippen LogP contribution in [-0.2, 0) is 19.6 Å². The zero-order valence-corrected chi connectivity index (χ0v) is 19.7. The SMILES string of the molecule is CC(=O)C1=CC=C(S(=O)(=O)N2CCC3(CC2)OCCN3C(=O)c2ccc(C(C)=O)cc2)CC1. The number of amides is 1. The number of carbonyl (C=O) groups excluding carboxylic acids is 3. The minimum Gasteiger partial charge on any atom is -0.354 e. The Morgan fingerprint density at radius 3 is 2.06 bits per heavy atom. The molecule has 1 aromatic rings. The molecule has 3 aliphatic rings. The van der Waals surface area contributed by atoms with Gasteiger partial charge in [-0.15, -0.1) is 0 Å². The van der Waals surface area contributed by atoms with Gasteiger partial charge in [0.2, 0.25) is 10.0 Å². The zero-order valence-electron chi connectivity index (χ0n) is 18.9. The minimum absolute atomic E-state index is 0.0401. The molecule has 33 heavy (non-hydrogen) atoms. The van der Waals surface area contributed by atoms with Crippen molar-refractivity contribution >= 4 is 27.5 Å². The summed E-state index contributed by atoms with van der Waals surface area (Å²) in [6.45, 7) is 4.28. The summed E-state index contributed by atoms with van der Waals surface area (Å²) in [5.41, 5.74) is 0.821. The van der Waals surface area contributed by atoms with E-state index in [0.29, 0.717) is 60.4 Å². The molecule has 0 N–H and O–H groups in total. The maximum atomic E-state index is 13.2. The molecule has 2 fully saturated rings. The second-order valence-corrected chi connectivity index (χ2v) is 10.7. The van der Waals surface area contributed by atoms with Crippen molar-refractivity contribution in [3.8, 4) is 0 Å². The Hall–Kier alpha value is -2.62. The van der Waals surface area contributed by atoms with Gasteiger partial charge < -0.3 is 9.64 Å². The van der Waals surface area contributed by atoms with Gasteiger partial charge in [0.25, 0.3) is 5.91 Å². The van der Waals surface area contributed by atoms with Crippen LogP contribution in [0.25, 0.3) is 0 Å². The Bertz CT molecular complexity index is 1140. The van der Waals surface area contributed by atoms with Gasteiger partial charge in [0.1, 0.15) is 5.72 Å². The highest BCUT2D eigenvalue weighted by Gasteiger charge is 2.49. The lowest BCUT2D eigenvalue weighted by Gasteiger charge is -2.43. The number of hydrogen-bond acceptors (Lipinski definition) is 6. The number of nitrogens with zero attached hydrogens (tertiary/aromatic N) is 2. The molecule has 9 heteroatoms. The molecule has 1 amide bonds. The van der Waals surface area contributed by atoms with E-state index in [-0.39, 0.29) is 30.6 Å². The van der Waals surface area contributed by atoms with Crippen molar-refractivity contribution in [1.82, 2.24) is 9.21 Å². The summed E-state index contributed by atoms with van der Waals surface area (Å²) in [5.74, 6) is -0.290. The van der Waals surface area contributed by atoms with E-state index in [1.807, 2.05) is 0 Å². The molecule has 1 aromatic carbocycles. The molecular weight excluding hydrogens is 444 g/mol. The number of piperidine rings is 1. The van der Waals surface area contributed by atoms with Crippen LogP contribution in [0.4, 0.5) is 0 Å². The fourth-order valence-electron chi connectivity index (χ4n) is 4.68. The molecule has 0 bridgehead atoms. The van der Waals surface area contributed by atoms with Crippen molar-refractivity contribution in [3.05, 3.63) is 58.0 Å². The summed E-state index contributed by atoms with van der Waals surface area (Å²) in [4.78, 5) is 38.2. The van der Waals surface area contributed by atoms with E-state index in [9.17, 15) is 22.8 Å². The number of hydrogen-bond donors (Lipinski definition) is 0. The van der Waals surface area contributed by atoms with E-state index in [2.05, 4.69) is 0 Å². The van der Waals surface area contributed by atoms with Gasteiger partial charge in [0.05, 0.1) is 11.5 Å². The van der Waals surface area contributed by atoms with Crippen molar-refractivity contribution in [3.63, 3.8) is 0 Å². The number of sulfonamides is 1. The maximum absolute atomic E-state index is 13.2. The predicted molar refractivity (Wildman–Crippen MR) is 122 cm³/mol. The second kappa shape index (κ2) is 8.96. The number of carbonyl (C=O) groups is 3. The first-order valence-electron chi connectivity index (χ1n) is 11.1. The number of ketones is 2. The highest BCUT2D eigenvalue weighted by molar-refractivity contribution is 7.93. The third-order valence-corrected chi connectivity index (χ3v) is 8.75. The highest BCUT2D eigenvalue weighted by atomic mass is 32.2. The molecule has 8 nitrogen and oxygen atoms in total. The Labute approximate surface area is 193 Å². The van der Waals surface area contributed by atoms with Crippen molar-refractivity contribution in [1.29, 1.82) is 0 Å². The summed E-state index contributed by atoms with van der Waals surface area (Å²) >= 11 is 0. The van der Waals surface area contributed by atoms with E-state index in [0.717, 1.165) is 0 Å². The van der Waals surface area contributed by atoms with Crippen molar-refractivity contribution in [2.24, 2.45) is 0 Å². The van der Waals surface area contributed by atoms with Crippen molar-refractivity contribution in [2.45, 2.75) is 45.3 Å². The maximum Gasteiger partial charge on any atom is 0.256 e. The van der Waals surface area contributed by atoms with Gasteiger partial charge >= 0.3 is 0 Å². The Morgan fingerprint density at radius 2 is 1.52 bits per heavy atom. The Morgan fingerprint density at radius 1 is 0.879 bits per heavy atom. The molecule has 0 atom stereocenters. The normalized spacial score (nSPS) is 21.0. The topological polar surface area (TPSA) is 101 Å². The molecule has 176 valence electrons. The molecule has 4 rings (SSSR count). The van der Waals surface area contributed by atoms with Crippen LogP contribution in [-0.4, -0.2) is 67.1 Å². The number of Topliss-reactive ketones (excluding diaryl/α,β-unsaturated/α-hetero) is 2. The third kappa shape index (κ3) is 4.45. The van der Waals surface area contributed by atoms with Gasteiger partial charge in [-0.25, -0.2) is 8.42 Å². The summed E-state index contributed by atoms with van der Waals surface area (Å²) in [5, 5.41) is 0. The van der Waals surface area contributed by atoms with E-state index < -0.39 is 15.7 Å². The van der Waals surface area contributed by atoms with Crippen LogP contribution in [0.5, 0.6) is 0 Å². The van der Waals surface area contributed by atoms with E-state index in [1.54, 1.807) is 35.2 Å². The van der Waals surface area contributed by atoms with Crippen LogP contribution in [0.1, 0.15) is 60.2 Å². The van der Waals surface area contributed by atoms with Crippen LogP contribution in [0.2, 0.25) is 0 Å². The van der Waals surface area contributed by atoms with Gasteiger partial charge in [0.15, 0.2) is 11.6 Å². The van der Waals surface area contributed by atoms with Gasteiger partial charge in [0, 0.05) is 43.6 Å².